The summed E-state index contributed by atoms with van der Waals surface area (Å²) in [5.41, 5.74) is -0.0775. The number of carboxylic acid groups (broad SMARTS) is 1. The average Bonchev–Trinajstić information content (AvgIpc) is 2.33. The van der Waals surface area contributed by atoms with E-state index in [0.29, 0.717) is 5.92 Å². The number of hydrogen-bond donors (Lipinski definition) is 3. The fraction of sp³-hybridized carbons (Fsp3) is 0.833. The predicted octanol–water partition coefficient (Wildman–Crippen LogP) is -0.384. The Labute approximate surface area is 58.6 Å². The number of carbonyl (C=O) groups is 1. The van der Waals surface area contributed by atoms with Gasteiger partial charge in [0.25, 0.3) is 0 Å². The van der Waals surface area contributed by atoms with Crippen LogP contribution in [-0.4, -0.2) is 29.8 Å². The number of hydrogen-bond acceptors (Lipinski definition) is 2. The summed E-state index contributed by atoms with van der Waals surface area (Å²) in [6.07, 6.45) is 0.123. The summed E-state index contributed by atoms with van der Waals surface area (Å²) in [5, 5.41) is 14.1. The van der Waals surface area contributed by atoms with E-state index in [1.54, 1.807) is 0 Å². The van der Waals surface area contributed by atoms with Crippen LogP contribution in [0.4, 0.5) is 4.79 Å². The van der Waals surface area contributed by atoms with Gasteiger partial charge in [-0.2, -0.15) is 0 Å². The number of rotatable bonds is 1. The van der Waals surface area contributed by atoms with Crippen LogP contribution in [0.5, 0.6) is 0 Å². The van der Waals surface area contributed by atoms with Crippen molar-refractivity contribution in [2.45, 2.75) is 12.0 Å². The van der Waals surface area contributed by atoms with Crippen LogP contribution >= 0.6 is 0 Å². The van der Waals surface area contributed by atoms with Gasteiger partial charge in [-0.1, -0.05) is 0 Å². The molecule has 2 atom stereocenters. The molecular formula is C6H10N2O2. The molecule has 10 heavy (non-hydrogen) atoms. The minimum absolute atomic E-state index is 0.0775. The minimum Gasteiger partial charge on any atom is -0.465 e. The second-order valence-corrected chi connectivity index (χ2v) is 3.12. The first kappa shape index (κ1) is 5.97. The topological polar surface area (TPSA) is 61.4 Å². The van der Waals surface area contributed by atoms with E-state index in [-0.39, 0.29) is 5.54 Å². The third-order valence-corrected chi connectivity index (χ3v) is 2.42. The number of fused-ring (bicyclic) bond motifs is 1. The van der Waals surface area contributed by atoms with Crippen LogP contribution in [-0.2, 0) is 0 Å². The standard InChI is InChI=1S/C6H10N2O2/c9-5(10)8-6-1-4(6)2-7-3-6/h4,7-8H,1-3H2,(H,9,10)/t4-,6?/m0/s1. The summed E-state index contributed by atoms with van der Waals surface area (Å²) >= 11 is 0. The van der Waals surface area contributed by atoms with Crippen LogP contribution in [0.2, 0.25) is 0 Å². The van der Waals surface area contributed by atoms with Gasteiger partial charge in [0.15, 0.2) is 0 Å². The zero-order valence-electron chi connectivity index (χ0n) is 5.55. The van der Waals surface area contributed by atoms with E-state index >= 15 is 0 Å². The summed E-state index contributed by atoms with van der Waals surface area (Å²) in [6, 6.07) is 0. The monoisotopic (exact) mass is 142 g/mol. The molecule has 56 valence electrons. The highest BCUT2D eigenvalue weighted by Gasteiger charge is 2.58. The van der Waals surface area contributed by atoms with Crippen molar-refractivity contribution in [1.82, 2.24) is 10.6 Å². The van der Waals surface area contributed by atoms with Crippen molar-refractivity contribution in [3.63, 3.8) is 0 Å². The Bertz CT molecular complexity index is 183. The first-order valence-electron chi connectivity index (χ1n) is 3.45. The van der Waals surface area contributed by atoms with Crippen LogP contribution in [0.25, 0.3) is 0 Å². The van der Waals surface area contributed by atoms with Crippen molar-refractivity contribution in [3.05, 3.63) is 0 Å². The highest BCUT2D eigenvalue weighted by Crippen LogP contribution is 2.45. The molecule has 1 unspecified atom stereocenters. The third kappa shape index (κ3) is 0.686. The molecule has 4 nitrogen and oxygen atoms in total. The zero-order valence-corrected chi connectivity index (χ0v) is 5.55. The molecule has 1 aliphatic carbocycles. The van der Waals surface area contributed by atoms with Crippen molar-refractivity contribution in [2.75, 3.05) is 13.1 Å². The molecule has 2 aliphatic rings. The molecular weight excluding hydrogens is 132 g/mol. The number of amides is 1. The fourth-order valence-electron chi connectivity index (χ4n) is 1.74. The lowest BCUT2D eigenvalue weighted by Gasteiger charge is -2.09. The van der Waals surface area contributed by atoms with Crippen molar-refractivity contribution in [2.24, 2.45) is 5.92 Å². The Morgan fingerprint density at radius 2 is 2.60 bits per heavy atom. The summed E-state index contributed by atoms with van der Waals surface area (Å²) in [5.74, 6) is 0.559. The van der Waals surface area contributed by atoms with Crippen molar-refractivity contribution in [3.8, 4) is 0 Å². The zero-order chi connectivity index (χ0) is 7.19. The summed E-state index contributed by atoms with van der Waals surface area (Å²) in [4.78, 5) is 10.2. The summed E-state index contributed by atoms with van der Waals surface area (Å²) in [6.45, 7) is 1.78. The van der Waals surface area contributed by atoms with Gasteiger partial charge in [-0.3, -0.25) is 0 Å². The molecule has 3 N–H and O–H groups in total. The molecule has 1 saturated heterocycles. The van der Waals surface area contributed by atoms with Crippen molar-refractivity contribution < 1.29 is 9.90 Å². The van der Waals surface area contributed by atoms with Gasteiger partial charge in [0, 0.05) is 13.1 Å². The lowest BCUT2D eigenvalue weighted by Crippen LogP contribution is -2.40. The third-order valence-electron chi connectivity index (χ3n) is 2.42. The lowest BCUT2D eigenvalue weighted by atomic mass is 10.2. The van der Waals surface area contributed by atoms with Crippen molar-refractivity contribution >= 4 is 6.09 Å². The lowest BCUT2D eigenvalue weighted by molar-refractivity contribution is 0.188. The van der Waals surface area contributed by atoms with E-state index in [0.717, 1.165) is 19.5 Å². The van der Waals surface area contributed by atoms with Gasteiger partial charge in [0.05, 0.1) is 5.54 Å². The summed E-state index contributed by atoms with van der Waals surface area (Å²) in [7, 11) is 0. The van der Waals surface area contributed by atoms with E-state index in [1.807, 2.05) is 0 Å². The Morgan fingerprint density at radius 3 is 3.00 bits per heavy atom. The van der Waals surface area contributed by atoms with Gasteiger partial charge in [-0.05, 0) is 12.3 Å². The van der Waals surface area contributed by atoms with E-state index in [9.17, 15) is 4.79 Å². The van der Waals surface area contributed by atoms with E-state index < -0.39 is 6.09 Å². The molecule has 0 radical (unpaired) electrons. The minimum atomic E-state index is -0.897. The SMILES string of the molecule is O=C(O)NC12CNC[C@@H]1C2. The van der Waals surface area contributed by atoms with E-state index in [1.165, 1.54) is 0 Å². The highest BCUT2D eigenvalue weighted by atomic mass is 16.4. The van der Waals surface area contributed by atoms with Crippen LogP contribution in [0.1, 0.15) is 6.42 Å². The second kappa shape index (κ2) is 1.63. The van der Waals surface area contributed by atoms with E-state index in [4.69, 9.17) is 5.11 Å². The van der Waals surface area contributed by atoms with Gasteiger partial charge in [0.1, 0.15) is 0 Å². The Balaban J connectivity index is 1.99. The van der Waals surface area contributed by atoms with Crippen LogP contribution in [0, 0.1) is 5.92 Å². The molecule has 2 fully saturated rings. The molecule has 0 spiro atoms. The fourth-order valence-corrected chi connectivity index (χ4v) is 1.74. The van der Waals surface area contributed by atoms with Gasteiger partial charge in [-0.15, -0.1) is 0 Å². The molecule has 0 aromatic carbocycles. The molecule has 0 aromatic rings. The second-order valence-electron chi connectivity index (χ2n) is 3.12. The first-order chi connectivity index (χ1) is 4.73. The quantitative estimate of drug-likeness (QED) is 0.467. The van der Waals surface area contributed by atoms with Crippen LogP contribution in [0.3, 0.4) is 0 Å². The van der Waals surface area contributed by atoms with E-state index in [2.05, 4.69) is 10.6 Å². The number of nitrogens with one attached hydrogen (secondary N) is 2. The molecule has 1 amide bonds. The van der Waals surface area contributed by atoms with Crippen LogP contribution in [0.15, 0.2) is 0 Å². The van der Waals surface area contributed by atoms with Gasteiger partial charge in [0.2, 0.25) is 0 Å². The molecule has 1 aliphatic heterocycles. The maximum Gasteiger partial charge on any atom is 0.405 e. The predicted molar refractivity (Wildman–Crippen MR) is 34.9 cm³/mol. The number of piperidine rings is 1. The van der Waals surface area contributed by atoms with Crippen molar-refractivity contribution in [1.29, 1.82) is 0 Å². The Kier molecular flexibility index (Phi) is 0.976. The maximum absolute atomic E-state index is 10.2. The van der Waals surface area contributed by atoms with Crippen LogP contribution < -0.4 is 10.6 Å². The van der Waals surface area contributed by atoms with Gasteiger partial charge < -0.3 is 15.7 Å². The Hall–Kier alpha value is -0.770. The molecule has 0 aromatic heterocycles. The maximum atomic E-state index is 10.2. The molecule has 1 saturated carbocycles. The molecule has 1 heterocycles. The normalized spacial score (nSPS) is 42.6. The van der Waals surface area contributed by atoms with Gasteiger partial charge >= 0.3 is 6.09 Å². The molecule has 4 heteroatoms. The summed E-state index contributed by atoms with van der Waals surface area (Å²) < 4.78 is 0. The molecule has 0 bridgehead atoms. The largest absolute Gasteiger partial charge is 0.465 e. The average molecular weight is 142 g/mol. The Morgan fingerprint density at radius 1 is 1.80 bits per heavy atom. The first-order valence-corrected chi connectivity index (χ1v) is 3.45. The smallest absolute Gasteiger partial charge is 0.405 e. The highest BCUT2D eigenvalue weighted by molar-refractivity contribution is 5.66. The molecule has 2 rings (SSSR count). The van der Waals surface area contributed by atoms with Gasteiger partial charge in [-0.25, -0.2) is 4.79 Å².